The predicted octanol–water partition coefficient (Wildman–Crippen LogP) is 4.05. The molecule has 3 heterocycles. The zero-order chi connectivity index (χ0) is 16.8. The summed E-state index contributed by atoms with van der Waals surface area (Å²) in [7, 11) is 2.02. The van der Waals surface area contributed by atoms with Crippen molar-refractivity contribution in [1.82, 2.24) is 9.55 Å². The van der Waals surface area contributed by atoms with E-state index >= 15 is 0 Å². The van der Waals surface area contributed by atoms with Crippen LogP contribution in [0.3, 0.4) is 0 Å². The van der Waals surface area contributed by atoms with Gasteiger partial charge in [0.1, 0.15) is 10.7 Å². The summed E-state index contributed by atoms with van der Waals surface area (Å²) in [6, 6.07) is 12.4. The first-order valence-electron chi connectivity index (χ1n) is 8.06. The molecule has 1 aliphatic heterocycles. The zero-order valence-corrected chi connectivity index (χ0v) is 14.8. The van der Waals surface area contributed by atoms with Crippen molar-refractivity contribution in [2.24, 2.45) is 7.05 Å². The third-order valence-electron chi connectivity index (χ3n) is 4.74. The van der Waals surface area contributed by atoms with Crippen molar-refractivity contribution in [2.45, 2.75) is 26.3 Å². The van der Waals surface area contributed by atoms with Crippen LogP contribution in [0.25, 0.3) is 10.7 Å². The van der Waals surface area contributed by atoms with E-state index in [2.05, 4.69) is 41.6 Å². The summed E-state index contributed by atoms with van der Waals surface area (Å²) < 4.78 is 2.10. The molecule has 0 radical (unpaired) electrons. The first-order chi connectivity index (χ1) is 11.6. The summed E-state index contributed by atoms with van der Waals surface area (Å²) in [5.74, 6) is -0.0131. The molecule has 2 aromatic heterocycles. The maximum Gasteiger partial charge on any atom is 0.278 e. The van der Waals surface area contributed by atoms with E-state index in [0.29, 0.717) is 5.69 Å². The molecule has 0 bridgehead atoms. The molecule has 4 rings (SSSR count). The Hall–Kier alpha value is -2.40. The van der Waals surface area contributed by atoms with Crippen LogP contribution in [0.5, 0.6) is 0 Å². The minimum absolute atomic E-state index is 0.0131. The highest BCUT2D eigenvalue weighted by molar-refractivity contribution is 7.13. The van der Waals surface area contributed by atoms with E-state index in [1.54, 1.807) is 0 Å². The van der Waals surface area contributed by atoms with Crippen LogP contribution in [0.15, 0.2) is 41.8 Å². The van der Waals surface area contributed by atoms with E-state index in [9.17, 15) is 4.79 Å². The van der Waals surface area contributed by atoms with Crippen LogP contribution in [-0.2, 0) is 13.5 Å². The molecule has 122 valence electrons. The normalized spacial score (nSPS) is 16.5. The van der Waals surface area contributed by atoms with Crippen molar-refractivity contribution < 1.29 is 4.79 Å². The van der Waals surface area contributed by atoms with E-state index < -0.39 is 0 Å². The Morgan fingerprint density at radius 1 is 1.25 bits per heavy atom. The van der Waals surface area contributed by atoms with Crippen molar-refractivity contribution in [1.29, 1.82) is 0 Å². The Morgan fingerprint density at radius 2 is 2.04 bits per heavy atom. The van der Waals surface area contributed by atoms with Gasteiger partial charge in [0.15, 0.2) is 0 Å². The van der Waals surface area contributed by atoms with Gasteiger partial charge in [-0.2, -0.15) is 0 Å². The summed E-state index contributed by atoms with van der Waals surface area (Å²) in [5, 5.41) is 2.75. The number of carbonyl (C=O) groups excluding carboxylic acids is 1. The van der Waals surface area contributed by atoms with E-state index in [4.69, 9.17) is 0 Å². The second kappa shape index (κ2) is 5.60. The number of aromatic nitrogens is 2. The molecule has 0 N–H and O–H groups in total. The van der Waals surface area contributed by atoms with Gasteiger partial charge in [-0.25, -0.2) is 4.98 Å². The SMILES string of the molecule is Cc1ccc(-c2nc(C(=O)N3c4ccccc4CC3C)cs2)n1C. The van der Waals surface area contributed by atoms with Gasteiger partial charge in [0.2, 0.25) is 0 Å². The highest BCUT2D eigenvalue weighted by atomic mass is 32.1. The number of para-hydroxylation sites is 1. The van der Waals surface area contributed by atoms with Crippen LogP contribution in [0.1, 0.15) is 28.7 Å². The summed E-state index contributed by atoms with van der Waals surface area (Å²) in [4.78, 5) is 19.5. The number of fused-ring (bicyclic) bond motifs is 1. The van der Waals surface area contributed by atoms with E-state index in [1.165, 1.54) is 22.6 Å². The lowest BCUT2D eigenvalue weighted by molar-refractivity contribution is 0.0977. The Balaban J connectivity index is 1.68. The fraction of sp³-hybridized carbons (Fsp3) is 0.263. The number of thiazole rings is 1. The molecule has 1 unspecified atom stereocenters. The van der Waals surface area contributed by atoms with Gasteiger partial charge >= 0.3 is 0 Å². The van der Waals surface area contributed by atoms with Gasteiger partial charge < -0.3 is 9.47 Å². The fourth-order valence-electron chi connectivity index (χ4n) is 3.32. The topological polar surface area (TPSA) is 38.1 Å². The summed E-state index contributed by atoms with van der Waals surface area (Å²) >= 11 is 1.52. The Labute approximate surface area is 145 Å². The maximum absolute atomic E-state index is 13.0. The van der Waals surface area contributed by atoms with Crippen LogP contribution < -0.4 is 4.90 Å². The van der Waals surface area contributed by atoms with Crippen molar-refractivity contribution in [2.75, 3.05) is 4.90 Å². The molecule has 1 aromatic carbocycles. The van der Waals surface area contributed by atoms with Crippen molar-refractivity contribution in [3.8, 4) is 10.7 Å². The molecule has 3 aromatic rings. The molecule has 0 saturated carbocycles. The molecule has 5 heteroatoms. The third-order valence-corrected chi connectivity index (χ3v) is 5.61. The smallest absolute Gasteiger partial charge is 0.278 e. The average molecular weight is 337 g/mol. The Morgan fingerprint density at radius 3 is 2.79 bits per heavy atom. The lowest BCUT2D eigenvalue weighted by atomic mass is 10.1. The highest BCUT2D eigenvalue weighted by Gasteiger charge is 2.32. The highest BCUT2D eigenvalue weighted by Crippen LogP contribution is 2.34. The van der Waals surface area contributed by atoms with Gasteiger partial charge in [0, 0.05) is 29.9 Å². The molecule has 1 atom stereocenters. The molecular formula is C19H19N3OS. The Bertz CT molecular complexity index is 924. The van der Waals surface area contributed by atoms with Crippen LogP contribution in [0.4, 0.5) is 5.69 Å². The minimum Gasteiger partial charge on any atom is -0.346 e. The van der Waals surface area contributed by atoms with E-state index in [0.717, 1.165) is 22.8 Å². The molecule has 0 saturated heterocycles. The number of amides is 1. The van der Waals surface area contributed by atoms with E-state index in [-0.39, 0.29) is 11.9 Å². The average Bonchev–Trinajstić information content (AvgIpc) is 3.25. The van der Waals surface area contributed by atoms with Gasteiger partial charge in [-0.1, -0.05) is 18.2 Å². The summed E-state index contributed by atoms with van der Waals surface area (Å²) in [5.41, 5.74) is 4.99. The number of aryl methyl sites for hydroxylation is 1. The zero-order valence-electron chi connectivity index (χ0n) is 14.0. The Kier molecular flexibility index (Phi) is 3.53. The first-order valence-corrected chi connectivity index (χ1v) is 8.94. The van der Waals surface area contributed by atoms with Gasteiger partial charge in [-0.3, -0.25) is 4.79 Å². The molecular weight excluding hydrogens is 318 g/mol. The number of hydrogen-bond acceptors (Lipinski definition) is 3. The van der Waals surface area contributed by atoms with Crippen LogP contribution in [-0.4, -0.2) is 21.5 Å². The lowest BCUT2D eigenvalue weighted by Crippen LogP contribution is -2.35. The van der Waals surface area contributed by atoms with E-state index in [1.807, 2.05) is 35.5 Å². The number of rotatable bonds is 2. The molecule has 1 aliphatic rings. The number of hydrogen-bond donors (Lipinski definition) is 0. The molecule has 24 heavy (non-hydrogen) atoms. The van der Waals surface area contributed by atoms with Crippen molar-refractivity contribution in [3.63, 3.8) is 0 Å². The molecule has 4 nitrogen and oxygen atoms in total. The molecule has 0 fully saturated rings. The largest absolute Gasteiger partial charge is 0.346 e. The standard InChI is InChI=1S/C19H19N3OS/c1-12-8-9-17(21(12)3)18-20-15(11-24-18)19(23)22-13(2)10-14-6-4-5-7-16(14)22/h4-9,11,13H,10H2,1-3H3. The molecule has 1 amide bonds. The molecule has 0 aliphatic carbocycles. The minimum atomic E-state index is -0.0131. The maximum atomic E-state index is 13.0. The van der Waals surface area contributed by atoms with Crippen LogP contribution in [0, 0.1) is 6.92 Å². The van der Waals surface area contributed by atoms with Crippen molar-refractivity contribution in [3.05, 3.63) is 58.7 Å². The van der Waals surface area contributed by atoms with Gasteiger partial charge in [0.25, 0.3) is 5.91 Å². The number of nitrogens with zero attached hydrogens (tertiary/aromatic N) is 3. The van der Waals surface area contributed by atoms with Crippen LogP contribution >= 0.6 is 11.3 Å². The monoisotopic (exact) mass is 337 g/mol. The van der Waals surface area contributed by atoms with Crippen LogP contribution in [0.2, 0.25) is 0 Å². The summed E-state index contributed by atoms with van der Waals surface area (Å²) in [6.07, 6.45) is 0.899. The number of carbonyl (C=O) groups is 1. The quantitative estimate of drug-likeness (QED) is 0.707. The third kappa shape index (κ3) is 2.27. The van der Waals surface area contributed by atoms with Crippen molar-refractivity contribution >= 4 is 22.9 Å². The predicted molar refractivity (Wildman–Crippen MR) is 97.7 cm³/mol. The lowest BCUT2D eigenvalue weighted by Gasteiger charge is -2.21. The number of benzene rings is 1. The second-order valence-corrected chi connectivity index (χ2v) is 7.17. The second-order valence-electron chi connectivity index (χ2n) is 6.31. The van der Waals surface area contributed by atoms with Gasteiger partial charge in [0.05, 0.1) is 5.69 Å². The fourth-order valence-corrected chi connectivity index (χ4v) is 4.17. The first kappa shape index (κ1) is 15.1. The summed E-state index contributed by atoms with van der Waals surface area (Å²) in [6.45, 7) is 4.15. The molecule has 0 spiro atoms. The van der Waals surface area contributed by atoms with Gasteiger partial charge in [-0.05, 0) is 44.0 Å². The van der Waals surface area contributed by atoms with Gasteiger partial charge in [-0.15, -0.1) is 11.3 Å². The number of anilines is 1.